The molecule has 0 aromatic heterocycles. The molecule has 2 rings (SSSR count). The molecule has 0 saturated heterocycles. The molecule has 1 aliphatic rings. The Morgan fingerprint density at radius 2 is 1.62 bits per heavy atom. The normalized spacial score (nSPS) is 28.3. The van der Waals surface area contributed by atoms with Crippen molar-refractivity contribution >= 4 is 13.9 Å². The summed E-state index contributed by atoms with van der Waals surface area (Å²) in [6, 6.07) is 13.9. The fourth-order valence-electron chi connectivity index (χ4n) is 3.99. The molecule has 0 fully saturated rings. The van der Waals surface area contributed by atoms with E-state index in [2.05, 4.69) is 65.0 Å². The van der Waals surface area contributed by atoms with Gasteiger partial charge in [-0.25, -0.2) is 0 Å². The predicted molar refractivity (Wildman–Crippen MR) is 105 cm³/mol. The van der Waals surface area contributed by atoms with Crippen LogP contribution in [0.5, 0.6) is 0 Å². The van der Waals surface area contributed by atoms with Gasteiger partial charge >= 0.3 is 0 Å². The fraction of sp³-hybridized carbons (Fsp3) is 0.619. The molecule has 0 radical (unpaired) electrons. The molecule has 4 atom stereocenters. The van der Waals surface area contributed by atoms with Gasteiger partial charge in [-0.2, -0.15) is 0 Å². The van der Waals surface area contributed by atoms with E-state index < -0.39 is 8.32 Å². The summed E-state index contributed by atoms with van der Waals surface area (Å²) >= 11 is 0. The van der Waals surface area contributed by atoms with Gasteiger partial charge in [-0.1, -0.05) is 71.0 Å². The average Bonchev–Trinajstić information content (AvgIpc) is 2.73. The average molecular weight is 347 g/mol. The van der Waals surface area contributed by atoms with E-state index in [0.717, 1.165) is 24.6 Å². The fourth-order valence-corrected chi connectivity index (χ4v) is 6.94. The quantitative estimate of drug-likeness (QED) is 0.689. The van der Waals surface area contributed by atoms with E-state index in [-0.39, 0.29) is 24.0 Å². The smallest absolute Gasteiger partial charge is 0.192 e. The summed E-state index contributed by atoms with van der Waals surface area (Å²) in [5.41, 5.74) is 2.49. The van der Waals surface area contributed by atoms with Crippen molar-refractivity contribution in [3.8, 4) is 0 Å². The number of aliphatic hydroxyl groups excluding tert-OH is 1. The highest BCUT2D eigenvalue weighted by Crippen LogP contribution is 2.37. The second-order valence-electron chi connectivity index (χ2n) is 7.30. The van der Waals surface area contributed by atoms with Gasteiger partial charge in [0.1, 0.15) is 0 Å². The lowest BCUT2D eigenvalue weighted by molar-refractivity contribution is 0.0181. The molecular formula is C21H34O2Si. The molecule has 2 nitrogen and oxygen atoms in total. The molecule has 24 heavy (non-hydrogen) atoms. The van der Waals surface area contributed by atoms with Gasteiger partial charge in [-0.15, -0.1) is 0 Å². The maximum Gasteiger partial charge on any atom is 0.192 e. The largest absolute Gasteiger partial charge is 0.413 e. The zero-order chi connectivity index (χ0) is 17.7. The van der Waals surface area contributed by atoms with Gasteiger partial charge < -0.3 is 9.53 Å². The van der Waals surface area contributed by atoms with Crippen LogP contribution in [-0.2, 0) is 4.43 Å². The van der Waals surface area contributed by atoms with Crippen molar-refractivity contribution in [3.05, 3.63) is 42.0 Å². The standard InChI is InChI=1S/C21H34O2Si/c1-6-24(7-2,8-3)23-20-15-14-19(16(4)21(22)17(20)5)18-12-10-9-11-13-18/h9-14,16-17,20-22H,6-8,15H2,1-5H3/t16-,17+,20+,21-/m0/s1. The second kappa shape index (κ2) is 8.46. The van der Waals surface area contributed by atoms with Crippen LogP contribution in [0, 0.1) is 11.8 Å². The topological polar surface area (TPSA) is 29.5 Å². The summed E-state index contributed by atoms with van der Waals surface area (Å²) in [6.07, 6.45) is 3.00. The highest BCUT2D eigenvalue weighted by molar-refractivity contribution is 6.73. The van der Waals surface area contributed by atoms with Crippen molar-refractivity contribution in [3.63, 3.8) is 0 Å². The predicted octanol–water partition coefficient (Wildman–Crippen LogP) is 5.50. The van der Waals surface area contributed by atoms with Crippen LogP contribution in [0.4, 0.5) is 0 Å². The Morgan fingerprint density at radius 3 is 2.17 bits per heavy atom. The van der Waals surface area contributed by atoms with E-state index in [9.17, 15) is 5.11 Å². The minimum atomic E-state index is -1.66. The summed E-state index contributed by atoms with van der Waals surface area (Å²) in [4.78, 5) is 0. The van der Waals surface area contributed by atoms with Gasteiger partial charge in [-0.3, -0.25) is 0 Å². The Balaban J connectivity index is 2.28. The maximum atomic E-state index is 10.9. The first-order chi connectivity index (χ1) is 11.5. The molecule has 1 aromatic carbocycles. The molecule has 0 heterocycles. The summed E-state index contributed by atoms with van der Waals surface area (Å²) in [6.45, 7) is 11.1. The molecular weight excluding hydrogens is 312 g/mol. The Kier molecular flexibility index (Phi) is 6.85. The van der Waals surface area contributed by atoms with Gasteiger partial charge in [0.25, 0.3) is 0 Å². The lowest BCUT2D eigenvalue weighted by atomic mass is 9.85. The third-order valence-corrected chi connectivity index (χ3v) is 10.8. The lowest BCUT2D eigenvalue weighted by Crippen LogP contribution is -2.44. The number of rotatable bonds is 6. The van der Waals surface area contributed by atoms with Gasteiger partial charge in [0.05, 0.1) is 12.2 Å². The van der Waals surface area contributed by atoms with Crippen LogP contribution >= 0.6 is 0 Å². The Bertz CT molecular complexity index is 528. The van der Waals surface area contributed by atoms with Crippen LogP contribution in [0.2, 0.25) is 18.1 Å². The molecule has 1 N–H and O–H groups in total. The van der Waals surface area contributed by atoms with Crippen LogP contribution in [0.25, 0.3) is 5.57 Å². The van der Waals surface area contributed by atoms with Crippen LogP contribution < -0.4 is 0 Å². The van der Waals surface area contributed by atoms with E-state index in [1.165, 1.54) is 11.1 Å². The number of benzene rings is 1. The van der Waals surface area contributed by atoms with Crippen LogP contribution in [0.3, 0.4) is 0 Å². The Morgan fingerprint density at radius 1 is 1.04 bits per heavy atom. The molecule has 0 unspecified atom stereocenters. The molecule has 134 valence electrons. The van der Waals surface area contributed by atoms with E-state index in [4.69, 9.17) is 4.43 Å². The third-order valence-electron chi connectivity index (χ3n) is 6.14. The number of hydrogen-bond acceptors (Lipinski definition) is 2. The SMILES string of the molecule is CC[Si](CC)(CC)O[C@@H]1CC=C(c2ccccc2)[C@H](C)[C@H](O)[C@@H]1C. The first-order valence-electron chi connectivity index (χ1n) is 9.59. The van der Waals surface area contributed by atoms with Gasteiger partial charge in [0.15, 0.2) is 8.32 Å². The van der Waals surface area contributed by atoms with Crippen molar-refractivity contribution in [2.75, 3.05) is 0 Å². The van der Waals surface area contributed by atoms with Crippen molar-refractivity contribution in [1.29, 1.82) is 0 Å². The molecule has 3 heteroatoms. The Hall–Kier alpha value is -0.903. The molecule has 0 amide bonds. The highest BCUT2D eigenvalue weighted by Gasteiger charge is 2.38. The zero-order valence-electron chi connectivity index (χ0n) is 16.0. The highest BCUT2D eigenvalue weighted by atomic mass is 28.4. The summed E-state index contributed by atoms with van der Waals surface area (Å²) in [5.74, 6) is 0.297. The molecule has 1 aromatic rings. The monoisotopic (exact) mass is 346 g/mol. The van der Waals surface area contributed by atoms with Crippen molar-refractivity contribution in [1.82, 2.24) is 0 Å². The first-order valence-corrected chi connectivity index (χ1v) is 12.1. The van der Waals surface area contributed by atoms with Crippen LogP contribution in [-0.4, -0.2) is 25.6 Å². The van der Waals surface area contributed by atoms with Gasteiger partial charge in [0, 0.05) is 11.8 Å². The molecule has 0 spiro atoms. The van der Waals surface area contributed by atoms with Crippen LogP contribution in [0.15, 0.2) is 36.4 Å². The second-order valence-corrected chi connectivity index (χ2v) is 12.0. The summed E-state index contributed by atoms with van der Waals surface area (Å²) in [7, 11) is -1.66. The van der Waals surface area contributed by atoms with Gasteiger partial charge in [-0.05, 0) is 35.7 Å². The maximum absolute atomic E-state index is 10.9. The van der Waals surface area contributed by atoms with E-state index in [1.807, 2.05) is 6.07 Å². The number of hydrogen-bond donors (Lipinski definition) is 1. The summed E-state index contributed by atoms with van der Waals surface area (Å²) in [5, 5.41) is 10.9. The van der Waals surface area contributed by atoms with Crippen molar-refractivity contribution < 1.29 is 9.53 Å². The van der Waals surface area contributed by atoms with Crippen LogP contribution in [0.1, 0.15) is 46.6 Å². The van der Waals surface area contributed by atoms with Gasteiger partial charge in [0.2, 0.25) is 0 Å². The lowest BCUT2D eigenvalue weighted by Gasteiger charge is -2.37. The first kappa shape index (κ1) is 19.4. The van der Waals surface area contributed by atoms with E-state index >= 15 is 0 Å². The van der Waals surface area contributed by atoms with E-state index in [0.29, 0.717) is 0 Å². The molecule has 0 bridgehead atoms. The molecule has 1 aliphatic carbocycles. The molecule has 0 aliphatic heterocycles. The zero-order valence-corrected chi connectivity index (χ0v) is 17.0. The van der Waals surface area contributed by atoms with Crippen molar-refractivity contribution in [2.24, 2.45) is 11.8 Å². The minimum Gasteiger partial charge on any atom is -0.413 e. The minimum absolute atomic E-state index is 0.134. The Labute approximate surface area is 149 Å². The third kappa shape index (κ3) is 4.01. The molecule has 0 saturated carbocycles. The van der Waals surface area contributed by atoms with Crippen molar-refractivity contribution in [2.45, 2.75) is 71.4 Å². The summed E-state index contributed by atoms with van der Waals surface area (Å²) < 4.78 is 6.76. The van der Waals surface area contributed by atoms with E-state index in [1.54, 1.807) is 0 Å². The number of aliphatic hydroxyl groups is 1.